The zero-order chi connectivity index (χ0) is 10.6. The van der Waals surface area contributed by atoms with Gasteiger partial charge in [0, 0.05) is 23.6 Å². The Labute approximate surface area is 94.0 Å². The summed E-state index contributed by atoms with van der Waals surface area (Å²) in [5.74, 6) is 0. The van der Waals surface area contributed by atoms with Crippen LogP contribution in [0, 0.1) is 6.92 Å². The second-order valence-corrected chi connectivity index (χ2v) is 4.47. The fraction of sp³-hybridized carbons (Fsp3) is 0.455. The highest BCUT2D eigenvalue weighted by atomic mass is 79.9. The van der Waals surface area contributed by atoms with Gasteiger partial charge >= 0.3 is 0 Å². The Bertz CT molecular complexity index is 299. The summed E-state index contributed by atoms with van der Waals surface area (Å²) in [7, 11) is 0. The fourth-order valence-electron chi connectivity index (χ4n) is 1.21. The summed E-state index contributed by atoms with van der Waals surface area (Å²) in [5.41, 5.74) is 8.10. The largest absolute Gasteiger partial charge is 0.329 e. The third-order valence-corrected chi connectivity index (χ3v) is 2.97. The van der Waals surface area contributed by atoms with Crippen LogP contribution >= 0.6 is 15.9 Å². The molecule has 78 valence electrons. The molecule has 3 heteroatoms. The van der Waals surface area contributed by atoms with E-state index in [0.29, 0.717) is 12.6 Å². The Morgan fingerprint density at radius 3 is 2.86 bits per heavy atom. The van der Waals surface area contributed by atoms with E-state index in [2.05, 4.69) is 53.3 Å². The van der Waals surface area contributed by atoms with Crippen LogP contribution in [-0.2, 0) is 6.54 Å². The molecule has 1 aromatic rings. The van der Waals surface area contributed by atoms with Crippen LogP contribution in [-0.4, -0.2) is 12.6 Å². The van der Waals surface area contributed by atoms with E-state index >= 15 is 0 Å². The minimum atomic E-state index is 0.363. The van der Waals surface area contributed by atoms with Gasteiger partial charge in [0.15, 0.2) is 0 Å². The molecule has 0 aliphatic rings. The van der Waals surface area contributed by atoms with Crippen molar-refractivity contribution in [3.63, 3.8) is 0 Å². The second-order valence-electron chi connectivity index (χ2n) is 3.61. The summed E-state index contributed by atoms with van der Waals surface area (Å²) < 4.78 is 1.15. The lowest BCUT2D eigenvalue weighted by Gasteiger charge is -2.12. The van der Waals surface area contributed by atoms with Crippen LogP contribution in [0.2, 0.25) is 0 Å². The fourth-order valence-corrected chi connectivity index (χ4v) is 1.59. The van der Waals surface area contributed by atoms with Crippen molar-refractivity contribution in [1.29, 1.82) is 0 Å². The lowest BCUT2D eigenvalue weighted by molar-refractivity contribution is 0.555. The average molecular weight is 257 g/mol. The molecule has 0 fully saturated rings. The molecule has 3 N–H and O–H groups in total. The first-order chi connectivity index (χ1) is 6.63. The molecule has 0 heterocycles. The molecule has 1 rings (SSSR count). The summed E-state index contributed by atoms with van der Waals surface area (Å²) in [6.45, 7) is 5.72. The van der Waals surface area contributed by atoms with Gasteiger partial charge in [-0.15, -0.1) is 0 Å². The Hall–Kier alpha value is -0.380. The van der Waals surface area contributed by atoms with E-state index in [0.717, 1.165) is 11.0 Å². The van der Waals surface area contributed by atoms with E-state index in [4.69, 9.17) is 5.73 Å². The van der Waals surface area contributed by atoms with Gasteiger partial charge in [0.1, 0.15) is 0 Å². The van der Waals surface area contributed by atoms with Gasteiger partial charge in [-0.2, -0.15) is 0 Å². The maximum absolute atomic E-state index is 5.53. The van der Waals surface area contributed by atoms with E-state index in [1.165, 1.54) is 11.1 Å². The van der Waals surface area contributed by atoms with Crippen molar-refractivity contribution in [2.45, 2.75) is 26.4 Å². The van der Waals surface area contributed by atoms with Crippen molar-refractivity contribution >= 4 is 15.9 Å². The van der Waals surface area contributed by atoms with Crippen LogP contribution in [0.5, 0.6) is 0 Å². The average Bonchev–Trinajstić information content (AvgIpc) is 2.19. The monoisotopic (exact) mass is 256 g/mol. The highest BCUT2D eigenvalue weighted by molar-refractivity contribution is 9.10. The number of rotatable bonds is 4. The van der Waals surface area contributed by atoms with Gasteiger partial charge in [0.05, 0.1) is 0 Å². The highest BCUT2D eigenvalue weighted by Crippen LogP contribution is 2.17. The summed E-state index contributed by atoms with van der Waals surface area (Å²) in [4.78, 5) is 0. The number of hydrogen-bond acceptors (Lipinski definition) is 2. The van der Waals surface area contributed by atoms with E-state index in [9.17, 15) is 0 Å². The molecule has 0 spiro atoms. The molecule has 0 bridgehead atoms. The second kappa shape index (κ2) is 5.49. The lowest BCUT2D eigenvalue weighted by Crippen LogP contribution is -2.32. The minimum absolute atomic E-state index is 0.363. The standard InChI is InChI=1S/C11H17BrN2/c1-8-3-4-11(12)10(5-8)7-14-9(2)6-13/h3-5,9,14H,6-7,13H2,1-2H3/t9-/m0/s1. The predicted molar refractivity (Wildman–Crippen MR) is 64.2 cm³/mol. The molecule has 0 unspecified atom stereocenters. The molecule has 0 aliphatic carbocycles. The van der Waals surface area contributed by atoms with Crippen molar-refractivity contribution in [3.05, 3.63) is 33.8 Å². The number of hydrogen-bond donors (Lipinski definition) is 2. The van der Waals surface area contributed by atoms with Crippen LogP contribution < -0.4 is 11.1 Å². The van der Waals surface area contributed by atoms with Gasteiger partial charge < -0.3 is 11.1 Å². The van der Waals surface area contributed by atoms with Crippen LogP contribution in [0.25, 0.3) is 0 Å². The first-order valence-corrected chi connectivity index (χ1v) is 5.61. The third-order valence-electron chi connectivity index (χ3n) is 2.20. The number of aryl methyl sites for hydroxylation is 1. The maximum Gasteiger partial charge on any atom is 0.0220 e. The normalized spacial score (nSPS) is 12.9. The maximum atomic E-state index is 5.53. The predicted octanol–water partition coefficient (Wildman–Crippen LogP) is 2.19. The molecular weight excluding hydrogens is 240 g/mol. The van der Waals surface area contributed by atoms with Gasteiger partial charge in [0.2, 0.25) is 0 Å². The van der Waals surface area contributed by atoms with E-state index in [-0.39, 0.29) is 0 Å². The Kier molecular flexibility index (Phi) is 4.58. The lowest BCUT2D eigenvalue weighted by atomic mass is 10.1. The summed E-state index contributed by atoms with van der Waals surface area (Å²) in [5, 5.41) is 3.36. The van der Waals surface area contributed by atoms with Crippen molar-refractivity contribution in [3.8, 4) is 0 Å². The molecule has 0 saturated heterocycles. The van der Waals surface area contributed by atoms with Crippen LogP contribution in [0.4, 0.5) is 0 Å². The van der Waals surface area contributed by atoms with E-state index < -0.39 is 0 Å². The Balaban J connectivity index is 2.62. The van der Waals surface area contributed by atoms with Gasteiger partial charge in [-0.05, 0) is 25.5 Å². The summed E-state index contributed by atoms with van der Waals surface area (Å²) >= 11 is 3.53. The van der Waals surface area contributed by atoms with E-state index in [1.807, 2.05) is 0 Å². The number of nitrogens with two attached hydrogens (primary N) is 1. The van der Waals surface area contributed by atoms with Crippen molar-refractivity contribution < 1.29 is 0 Å². The van der Waals surface area contributed by atoms with E-state index in [1.54, 1.807) is 0 Å². The van der Waals surface area contributed by atoms with Gasteiger partial charge in [-0.3, -0.25) is 0 Å². The summed E-state index contributed by atoms with van der Waals surface area (Å²) in [6, 6.07) is 6.72. The molecule has 1 aromatic carbocycles. The first kappa shape index (κ1) is 11.7. The number of nitrogens with one attached hydrogen (secondary N) is 1. The molecule has 0 radical (unpaired) electrons. The van der Waals surface area contributed by atoms with Crippen molar-refractivity contribution in [2.24, 2.45) is 5.73 Å². The van der Waals surface area contributed by atoms with Crippen molar-refractivity contribution in [2.75, 3.05) is 6.54 Å². The molecular formula is C11H17BrN2. The number of benzene rings is 1. The minimum Gasteiger partial charge on any atom is -0.329 e. The zero-order valence-electron chi connectivity index (χ0n) is 8.68. The van der Waals surface area contributed by atoms with Crippen LogP contribution in [0.15, 0.2) is 22.7 Å². The first-order valence-electron chi connectivity index (χ1n) is 4.82. The molecule has 0 amide bonds. The van der Waals surface area contributed by atoms with Gasteiger partial charge in [-0.25, -0.2) is 0 Å². The smallest absolute Gasteiger partial charge is 0.0220 e. The van der Waals surface area contributed by atoms with Crippen LogP contribution in [0.1, 0.15) is 18.1 Å². The van der Waals surface area contributed by atoms with Gasteiger partial charge in [0.25, 0.3) is 0 Å². The Morgan fingerprint density at radius 2 is 2.21 bits per heavy atom. The van der Waals surface area contributed by atoms with Crippen molar-refractivity contribution in [1.82, 2.24) is 5.32 Å². The summed E-state index contributed by atoms with van der Waals surface area (Å²) in [6.07, 6.45) is 0. The molecule has 1 atom stereocenters. The van der Waals surface area contributed by atoms with Gasteiger partial charge in [-0.1, -0.05) is 33.6 Å². The molecule has 0 aliphatic heterocycles. The molecule has 14 heavy (non-hydrogen) atoms. The zero-order valence-corrected chi connectivity index (χ0v) is 10.3. The topological polar surface area (TPSA) is 38.0 Å². The molecule has 2 nitrogen and oxygen atoms in total. The van der Waals surface area contributed by atoms with Crippen LogP contribution in [0.3, 0.4) is 0 Å². The number of halogens is 1. The highest BCUT2D eigenvalue weighted by Gasteiger charge is 2.02. The quantitative estimate of drug-likeness (QED) is 0.867. The SMILES string of the molecule is Cc1ccc(Br)c(CN[C@@H](C)CN)c1. The Morgan fingerprint density at radius 1 is 1.50 bits per heavy atom. The molecule has 0 aromatic heterocycles. The molecule has 0 saturated carbocycles. The third kappa shape index (κ3) is 3.40.